The first-order valence-electron chi connectivity index (χ1n) is 7.29. The summed E-state index contributed by atoms with van der Waals surface area (Å²) in [6.07, 6.45) is 1.76. The van der Waals surface area contributed by atoms with Crippen LogP contribution >= 0.6 is 0 Å². The van der Waals surface area contributed by atoms with E-state index in [-0.39, 0.29) is 11.9 Å². The van der Waals surface area contributed by atoms with E-state index in [1.807, 2.05) is 0 Å². The van der Waals surface area contributed by atoms with Crippen LogP contribution in [0, 0.1) is 13.8 Å². The van der Waals surface area contributed by atoms with Gasteiger partial charge in [0.15, 0.2) is 5.82 Å². The third-order valence-corrected chi connectivity index (χ3v) is 3.84. The van der Waals surface area contributed by atoms with Crippen LogP contribution in [0.15, 0.2) is 15.0 Å². The van der Waals surface area contributed by atoms with Gasteiger partial charge in [0.05, 0.1) is 11.6 Å². The first kappa shape index (κ1) is 14.8. The van der Waals surface area contributed by atoms with Gasteiger partial charge >= 0.3 is 0 Å². The number of hydrogen-bond donors (Lipinski definition) is 0. The number of carbonyl (C=O) groups excluding carboxylic acids is 1. The minimum Gasteiger partial charge on any atom is -0.463 e. The van der Waals surface area contributed by atoms with Crippen molar-refractivity contribution in [1.82, 2.24) is 15.0 Å². The quantitative estimate of drug-likeness (QED) is 0.862. The molecule has 1 amide bonds. The molecule has 7 heteroatoms. The molecule has 0 unspecified atom stereocenters. The SMILES string of the molecule is COCc1cc(C(=O)N2CCC[C@H]2c2noc(C)n2)c(C)o1. The molecule has 0 N–H and O–H groups in total. The van der Waals surface area contributed by atoms with E-state index in [1.54, 1.807) is 31.9 Å². The van der Waals surface area contributed by atoms with Crippen molar-refractivity contribution in [2.45, 2.75) is 39.3 Å². The number of aromatic nitrogens is 2. The summed E-state index contributed by atoms with van der Waals surface area (Å²) < 4.78 is 15.6. The Morgan fingerprint density at radius 1 is 1.50 bits per heavy atom. The number of carbonyl (C=O) groups is 1. The highest BCUT2D eigenvalue weighted by Gasteiger charge is 2.35. The van der Waals surface area contributed by atoms with Gasteiger partial charge in [0.2, 0.25) is 5.89 Å². The molecule has 118 valence electrons. The fourth-order valence-electron chi connectivity index (χ4n) is 2.85. The van der Waals surface area contributed by atoms with E-state index < -0.39 is 0 Å². The minimum absolute atomic E-state index is 0.0615. The maximum atomic E-state index is 12.8. The van der Waals surface area contributed by atoms with Crippen LogP contribution in [0.1, 0.15) is 52.5 Å². The van der Waals surface area contributed by atoms with Gasteiger partial charge in [-0.15, -0.1) is 0 Å². The standard InChI is InChI=1S/C15H19N3O4/c1-9-12(7-11(21-9)8-20-3)15(19)18-6-4-5-13(18)14-16-10(2)22-17-14/h7,13H,4-6,8H2,1-3H3/t13-/m0/s1. The Balaban J connectivity index is 1.84. The number of nitrogens with zero attached hydrogens (tertiary/aromatic N) is 3. The van der Waals surface area contributed by atoms with Crippen molar-refractivity contribution < 1.29 is 18.5 Å². The Bertz CT molecular complexity index is 676. The molecule has 2 aromatic heterocycles. The van der Waals surface area contributed by atoms with Gasteiger partial charge in [-0.25, -0.2) is 0 Å². The molecular weight excluding hydrogens is 286 g/mol. The highest BCUT2D eigenvalue weighted by atomic mass is 16.5. The number of hydrogen-bond acceptors (Lipinski definition) is 6. The zero-order chi connectivity index (χ0) is 15.7. The summed E-state index contributed by atoms with van der Waals surface area (Å²) in [5, 5.41) is 3.96. The van der Waals surface area contributed by atoms with E-state index in [0.29, 0.717) is 42.0 Å². The van der Waals surface area contributed by atoms with Gasteiger partial charge in [0, 0.05) is 20.6 Å². The number of ether oxygens (including phenoxy) is 1. The zero-order valence-electron chi connectivity index (χ0n) is 13.0. The van der Waals surface area contributed by atoms with E-state index in [9.17, 15) is 4.79 Å². The molecule has 0 aromatic carbocycles. The predicted molar refractivity (Wildman–Crippen MR) is 76.2 cm³/mol. The smallest absolute Gasteiger partial charge is 0.258 e. The fraction of sp³-hybridized carbons (Fsp3) is 0.533. The third kappa shape index (κ3) is 2.64. The number of aryl methyl sites for hydroxylation is 2. The first-order valence-corrected chi connectivity index (χ1v) is 7.29. The lowest BCUT2D eigenvalue weighted by atomic mass is 10.1. The van der Waals surface area contributed by atoms with Crippen LogP contribution in [0.5, 0.6) is 0 Å². The van der Waals surface area contributed by atoms with Crippen LogP contribution in [0.25, 0.3) is 0 Å². The topological polar surface area (TPSA) is 81.6 Å². The molecule has 7 nitrogen and oxygen atoms in total. The molecule has 0 radical (unpaired) electrons. The Morgan fingerprint density at radius 2 is 2.32 bits per heavy atom. The molecular formula is C15H19N3O4. The summed E-state index contributed by atoms with van der Waals surface area (Å²) in [5.41, 5.74) is 0.569. The largest absolute Gasteiger partial charge is 0.463 e. The molecule has 1 atom stereocenters. The number of likely N-dealkylation sites (tertiary alicyclic amines) is 1. The Morgan fingerprint density at radius 3 is 3.00 bits per heavy atom. The van der Waals surface area contributed by atoms with Crippen molar-refractivity contribution in [3.8, 4) is 0 Å². The Kier molecular flexibility index (Phi) is 3.98. The first-order chi connectivity index (χ1) is 10.6. The lowest BCUT2D eigenvalue weighted by Gasteiger charge is -2.21. The van der Waals surface area contributed by atoms with Crippen molar-refractivity contribution in [2.24, 2.45) is 0 Å². The number of methoxy groups -OCH3 is 1. The summed E-state index contributed by atoms with van der Waals surface area (Å²) >= 11 is 0. The normalized spacial score (nSPS) is 18.1. The maximum Gasteiger partial charge on any atom is 0.258 e. The molecule has 1 aliphatic heterocycles. The second-order valence-electron chi connectivity index (χ2n) is 5.44. The van der Waals surface area contributed by atoms with E-state index in [2.05, 4.69) is 10.1 Å². The van der Waals surface area contributed by atoms with Crippen LogP contribution < -0.4 is 0 Å². The van der Waals surface area contributed by atoms with Crippen molar-refractivity contribution >= 4 is 5.91 Å². The van der Waals surface area contributed by atoms with E-state index >= 15 is 0 Å². The van der Waals surface area contributed by atoms with E-state index in [4.69, 9.17) is 13.7 Å². The molecule has 0 spiro atoms. The average molecular weight is 305 g/mol. The van der Waals surface area contributed by atoms with Crippen molar-refractivity contribution in [1.29, 1.82) is 0 Å². The Hall–Kier alpha value is -2.15. The van der Waals surface area contributed by atoms with Gasteiger partial charge in [0.1, 0.15) is 18.1 Å². The molecule has 2 aromatic rings. The van der Waals surface area contributed by atoms with Gasteiger partial charge in [-0.1, -0.05) is 5.16 Å². The van der Waals surface area contributed by atoms with Gasteiger partial charge in [-0.3, -0.25) is 4.79 Å². The second-order valence-corrected chi connectivity index (χ2v) is 5.44. The van der Waals surface area contributed by atoms with Crippen LogP contribution in [-0.2, 0) is 11.3 Å². The van der Waals surface area contributed by atoms with Crippen molar-refractivity contribution in [2.75, 3.05) is 13.7 Å². The van der Waals surface area contributed by atoms with Gasteiger partial charge in [-0.05, 0) is 25.8 Å². The number of rotatable bonds is 4. The van der Waals surface area contributed by atoms with E-state index in [1.165, 1.54) is 0 Å². The van der Waals surface area contributed by atoms with Gasteiger partial charge in [-0.2, -0.15) is 4.98 Å². The number of amides is 1. The highest BCUT2D eigenvalue weighted by Crippen LogP contribution is 2.32. The van der Waals surface area contributed by atoms with Crippen molar-refractivity contribution in [3.05, 3.63) is 34.9 Å². The molecule has 1 aliphatic rings. The van der Waals surface area contributed by atoms with Gasteiger partial charge < -0.3 is 18.6 Å². The maximum absolute atomic E-state index is 12.8. The lowest BCUT2D eigenvalue weighted by molar-refractivity contribution is 0.0726. The van der Waals surface area contributed by atoms with Crippen LogP contribution in [0.2, 0.25) is 0 Å². The highest BCUT2D eigenvalue weighted by molar-refractivity contribution is 5.95. The van der Waals surface area contributed by atoms with Crippen LogP contribution in [0.3, 0.4) is 0 Å². The van der Waals surface area contributed by atoms with E-state index in [0.717, 1.165) is 12.8 Å². The summed E-state index contributed by atoms with van der Waals surface area (Å²) in [4.78, 5) is 18.9. The summed E-state index contributed by atoms with van der Waals surface area (Å²) in [6.45, 7) is 4.56. The second kappa shape index (κ2) is 5.92. The zero-order valence-corrected chi connectivity index (χ0v) is 13.0. The Labute approximate surface area is 128 Å². The molecule has 1 saturated heterocycles. The molecule has 1 fully saturated rings. The van der Waals surface area contributed by atoms with Gasteiger partial charge in [0.25, 0.3) is 5.91 Å². The number of furan rings is 1. The summed E-state index contributed by atoms with van der Waals surface area (Å²) in [7, 11) is 1.59. The molecule has 22 heavy (non-hydrogen) atoms. The molecule has 0 saturated carbocycles. The minimum atomic E-state index is -0.134. The molecule has 3 rings (SSSR count). The lowest BCUT2D eigenvalue weighted by Crippen LogP contribution is -2.31. The molecule has 3 heterocycles. The van der Waals surface area contributed by atoms with Crippen LogP contribution in [0.4, 0.5) is 0 Å². The molecule has 0 aliphatic carbocycles. The monoisotopic (exact) mass is 305 g/mol. The van der Waals surface area contributed by atoms with Crippen molar-refractivity contribution in [3.63, 3.8) is 0 Å². The predicted octanol–water partition coefficient (Wildman–Crippen LogP) is 2.40. The van der Waals surface area contributed by atoms with Crippen LogP contribution in [-0.4, -0.2) is 34.6 Å². The third-order valence-electron chi connectivity index (χ3n) is 3.84. The summed E-state index contributed by atoms with van der Waals surface area (Å²) in [6, 6.07) is 1.61. The fourth-order valence-corrected chi connectivity index (χ4v) is 2.85. The molecule has 0 bridgehead atoms. The summed E-state index contributed by atoms with van der Waals surface area (Å²) in [5.74, 6) is 2.27. The average Bonchev–Trinajstić information content (AvgIpc) is 3.18.